The van der Waals surface area contributed by atoms with Crippen LogP contribution in [0.25, 0.3) is 0 Å². The Hall–Kier alpha value is -0.860. The van der Waals surface area contributed by atoms with E-state index in [0.29, 0.717) is 6.42 Å². The fourth-order valence-electron chi connectivity index (χ4n) is 1.68. The highest BCUT2D eigenvalue weighted by molar-refractivity contribution is 6.01. The van der Waals surface area contributed by atoms with E-state index in [0.717, 1.165) is 12.8 Å². The number of ketones is 1. The molecule has 68 valence electrons. The summed E-state index contributed by atoms with van der Waals surface area (Å²) in [5.41, 5.74) is -0.244. The van der Waals surface area contributed by atoms with Crippen LogP contribution in [0.3, 0.4) is 0 Å². The van der Waals surface area contributed by atoms with E-state index >= 15 is 0 Å². The van der Waals surface area contributed by atoms with E-state index in [-0.39, 0.29) is 23.7 Å². The van der Waals surface area contributed by atoms with Gasteiger partial charge in [-0.25, -0.2) is 0 Å². The first kappa shape index (κ1) is 9.23. The van der Waals surface area contributed by atoms with E-state index in [1.165, 1.54) is 0 Å². The third-order valence-electron chi connectivity index (χ3n) is 2.65. The lowest BCUT2D eigenvalue weighted by molar-refractivity contribution is -0.134. The maximum atomic E-state index is 11.1. The average molecular weight is 169 g/mol. The first-order chi connectivity index (χ1) is 5.62. The van der Waals surface area contributed by atoms with Gasteiger partial charge in [-0.3, -0.25) is 9.59 Å². The van der Waals surface area contributed by atoms with Crippen LogP contribution < -0.4 is 5.32 Å². The second kappa shape index (κ2) is 3.25. The van der Waals surface area contributed by atoms with Gasteiger partial charge in [0.05, 0.1) is 6.42 Å². The average Bonchev–Trinajstić information content (AvgIpc) is 2.02. The predicted octanol–water partition coefficient (Wildman–Crippen LogP) is 1.02. The van der Waals surface area contributed by atoms with Crippen molar-refractivity contribution < 1.29 is 9.59 Å². The standard InChI is InChI=1S/C9H15NO2/c1-3-9(4-2)6-7(11)5-8(12)10-9/h3-6H2,1-2H3,(H,10,12). The van der Waals surface area contributed by atoms with Crippen molar-refractivity contribution >= 4 is 11.7 Å². The Kier molecular flexibility index (Phi) is 2.50. The molecule has 0 atom stereocenters. The molecule has 1 rings (SSSR count). The largest absolute Gasteiger partial charge is 0.350 e. The van der Waals surface area contributed by atoms with Gasteiger partial charge in [0.2, 0.25) is 5.91 Å². The zero-order valence-corrected chi connectivity index (χ0v) is 7.64. The van der Waals surface area contributed by atoms with Crippen LogP contribution in [0, 0.1) is 0 Å². The van der Waals surface area contributed by atoms with Gasteiger partial charge in [-0.2, -0.15) is 0 Å². The molecule has 0 bridgehead atoms. The monoisotopic (exact) mass is 169 g/mol. The van der Waals surface area contributed by atoms with Crippen LogP contribution in [0.5, 0.6) is 0 Å². The second-order valence-electron chi connectivity index (χ2n) is 3.43. The molecule has 1 saturated heterocycles. The summed E-state index contributed by atoms with van der Waals surface area (Å²) in [5, 5.41) is 2.90. The van der Waals surface area contributed by atoms with Crippen molar-refractivity contribution in [1.29, 1.82) is 0 Å². The summed E-state index contributed by atoms with van der Waals surface area (Å²) < 4.78 is 0. The van der Waals surface area contributed by atoms with Gasteiger partial charge in [0.25, 0.3) is 0 Å². The molecule has 1 N–H and O–H groups in total. The van der Waals surface area contributed by atoms with Gasteiger partial charge in [0.1, 0.15) is 5.78 Å². The number of carbonyl (C=O) groups excluding carboxylic acids is 2. The Morgan fingerprint density at radius 1 is 1.33 bits per heavy atom. The van der Waals surface area contributed by atoms with E-state index in [2.05, 4.69) is 5.32 Å². The minimum absolute atomic E-state index is 0.0712. The maximum absolute atomic E-state index is 11.1. The zero-order chi connectivity index (χ0) is 9.19. The van der Waals surface area contributed by atoms with Gasteiger partial charge in [-0.05, 0) is 12.8 Å². The molecule has 0 aromatic rings. The van der Waals surface area contributed by atoms with E-state index in [1.807, 2.05) is 13.8 Å². The topological polar surface area (TPSA) is 46.2 Å². The van der Waals surface area contributed by atoms with E-state index in [4.69, 9.17) is 0 Å². The second-order valence-corrected chi connectivity index (χ2v) is 3.43. The fraction of sp³-hybridized carbons (Fsp3) is 0.778. The van der Waals surface area contributed by atoms with Crippen LogP contribution >= 0.6 is 0 Å². The van der Waals surface area contributed by atoms with Crippen LogP contribution in [0.1, 0.15) is 39.5 Å². The van der Waals surface area contributed by atoms with Crippen molar-refractivity contribution in [1.82, 2.24) is 5.32 Å². The Balaban J connectivity index is 2.76. The smallest absolute Gasteiger partial charge is 0.227 e. The molecule has 1 fully saturated rings. The first-order valence-corrected chi connectivity index (χ1v) is 4.44. The highest BCUT2D eigenvalue weighted by Gasteiger charge is 2.35. The van der Waals surface area contributed by atoms with Crippen LogP contribution in [-0.4, -0.2) is 17.2 Å². The lowest BCUT2D eigenvalue weighted by atomic mass is 9.83. The van der Waals surface area contributed by atoms with Gasteiger partial charge in [0, 0.05) is 12.0 Å². The Morgan fingerprint density at radius 3 is 2.33 bits per heavy atom. The lowest BCUT2D eigenvalue weighted by Crippen LogP contribution is -2.53. The summed E-state index contributed by atoms with van der Waals surface area (Å²) >= 11 is 0. The van der Waals surface area contributed by atoms with Crippen LogP contribution in [0.4, 0.5) is 0 Å². The number of piperidine rings is 1. The minimum atomic E-state index is -0.244. The molecule has 0 unspecified atom stereocenters. The number of carbonyl (C=O) groups is 2. The van der Waals surface area contributed by atoms with Gasteiger partial charge in [0.15, 0.2) is 0 Å². The number of rotatable bonds is 2. The number of hydrogen-bond donors (Lipinski definition) is 1. The van der Waals surface area contributed by atoms with Crippen LogP contribution in [0.2, 0.25) is 0 Å². The third-order valence-corrected chi connectivity index (χ3v) is 2.65. The molecule has 12 heavy (non-hydrogen) atoms. The third kappa shape index (κ3) is 1.65. The van der Waals surface area contributed by atoms with Crippen molar-refractivity contribution in [3.63, 3.8) is 0 Å². The molecule has 0 aliphatic carbocycles. The van der Waals surface area contributed by atoms with Crippen molar-refractivity contribution in [3.8, 4) is 0 Å². The Morgan fingerprint density at radius 2 is 1.92 bits per heavy atom. The van der Waals surface area contributed by atoms with E-state index in [9.17, 15) is 9.59 Å². The Bertz CT molecular complexity index is 189. The molecule has 1 heterocycles. The van der Waals surface area contributed by atoms with Crippen molar-refractivity contribution in [2.75, 3.05) is 0 Å². The number of Topliss-reactive ketones (excluding diaryl/α,β-unsaturated/α-hetero) is 1. The summed E-state index contributed by atoms with van der Waals surface area (Å²) in [7, 11) is 0. The summed E-state index contributed by atoms with van der Waals surface area (Å²) in [6, 6.07) is 0. The van der Waals surface area contributed by atoms with Crippen molar-refractivity contribution in [2.45, 2.75) is 45.1 Å². The first-order valence-electron chi connectivity index (χ1n) is 4.44. The number of hydrogen-bond acceptors (Lipinski definition) is 2. The molecule has 1 aliphatic heterocycles. The molecular formula is C9H15NO2. The summed E-state index contributed by atoms with van der Waals surface area (Å²) in [6.45, 7) is 4.00. The lowest BCUT2D eigenvalue weighted by Gasteiger charge is -2.35. The molecule has 3 heteroatoms. The molecular weight excluding hydrogens is 154 g/mol. The predicted molar refractivity (Wildman–Crippen MR) is 45.7 cm³/mol. The number of nitrogens with one attached hydrogen (secondary N) is 1. The molecule has 0 saturated carbocycles. The molecule has 0 radical (unpaired) electrons. The Labute approximate surface area is 72.5 Å². The molecule has 0 aromatic heterocycles. The van der Waals surface area contributed by atoms with Gasteiger partial charge in [-0.1, -0.05) is 13.8 Å². The number of amides is 1. The minimum Gasteiger partial charge on any atom is -0.350 e. The van der Waals surface area contributed by atoms with Gasteiger partial charge in [-0.15, -0.1) is 0 Å². The summed E-state index contributed by atoms with van der Waals surface area (Å²) in [4.78, 5) is 22.2. The highest BCUT2D eigenvalue weighted by Crippen LogP contribution is 2.24. The van der Waals surface area contributed by atoms with Gasteiger partial charge >= 0.3 is 0 Å². The summed E-state index contributed by atoms with van der Waals surface area (Å²) in [5.74, 6) is -0.0441. The van der Waals surface area contributed by atoms with Crippen LogP contribution in [-0.2, 0) is 9.59 Å². The van der Waals surface area contributed by atoms with Crippen molar-refractivity contribution in [3.05, 3.63) is 0 Å². The molecule has 0 aromatic carbocycles. The molecule has 0 spiro atoms. The molecule has 1 aliphatic rings. The van der Waals surface area contributed by atoms with E-state index < -0.39 is 0 Å². The quantitative estimate of drug-likeness (QED) is 0.627. The van der Waals surface area contributed by atoms with E-state index in [1.54, 1.807) is 0 Å². The normalized spacial score (nSPS) is 22.2. The zero-order valence-electron chi connectivity index (χ0n) is 7.64. The van der Waals surface area contributed by atoms with Gasteiger partial charge < -0.3 is 5.32 Å². The summed E-state index contributed by atoms with van der Waals surface area (Å²) in [6.07, 6.45) is 2.25. The van der Waals surface area contributed by atoms with Crippen LogP contribution in [0.15, 0.2) is 0 Å². The van der Waals surface area contributed by atoms with Crippen molar-refractivity contribution in [2.24, 2.45) is 0 Å². The molecule has 1 amide bonds. The maximum Gasteiger partial charge on any atom is 0.227 e. The molecule has 3 nitrogen and oxygen atoms in total. The SMILES string of the molecule is CCC1(CC)CC(=O)CC(=O)N1. The fourth-order valence-corrected chi connectivity index (χ4v) is 1.68. The highest BCUT2D eigenvalue weighted by atomic mass is 16.2.